The van der Waals surface area contributed by atoms with Gasteiger partial charge in [-0.3, -0.25) is 4.79 Å². The first-order valence-electron chi connectivity index (χ1n) is 7.72. The second kappa shape index (κ2) is 7.64. The molecule has 1 unspecified atom stereocenters. The Bertz CT molecular complexity index is 734. The van der Waals surface area contributed by atoms with E-state index >= 15 is 0 Å². The van der Waals surface area contributed by atoms with Crippen LogP contribution in [0, 0.1) is 11.3 Å². The number of nitrogens with zero attached hydrogens (tertiary/aromatic N) is 2. The van der Waals surface area contributed by atoms with Crippen molar-refractivity contribution in [1.29, 1.82) is 5.26 Å². The lowest BCUT2D eigenvalue weighted by Gasteiger charge is -2.33. The van der Waals surface area contributed by atoms with E-state index in [0.29, 0.717) is 37.2 Å². The number of rotatable bonds is 5. The fourth-order valence-corrected chi connectivity index (χ4v) is 3.52. The van der Waals surface area contributed by atoms with Gasteiger partial charge in [0.05, 0.1) is 11.8 Å². The normalized spacial score (nSPS) is 17.1. The molecule has 1 aliphatic rings. The van der Waals surface area contributed by atoms with Crippen LogP contribution >= 0.6 is 0 Å². The van der Waals surface area contributed by atoms with E-state index in [-0.39, 0.29) is 11.9 Å². The molecule has 0 aromatic heterocycles. The average molecular weight is 351 g/mol. The molecule has 0 saturated carbocycles. The van der Waals surface area contributed by atoms with Gasteiger partial charge in [-0.05, 0) is 31.9 Å². The Hall–Kier alpha value is -2.11. The molecule has 1 atom stereocenters. The van der Waals surface area contributed by atoms with Gasteiger partial charge in [-0.25, -0.2) is 13.1 Å². The van der Waals surface area contributed by atoms with Gasteiger partial charge >= 0.3 is 0 Å². The number of sulfonamides is 1. The number of hydrogen-bond donors (Lipinski definition) is 1. The van der Waals surface area contributed by atoms with Gasteiger partial charge in [0.2, 0.25) is 10.0 Å². The van der Waals surface area contributed by atoms with Gasteiger partial charge in [0.25, 0.3) is 5.91 Å². The molecule has 0 aliphatic carbocycles. The molecule has 8 heteroatoms. The first-order valence-corrected chi connectivity index (χ1v) is 9.61. The maximum atomic E-state index is 12.5. The molecule has 24 heavy (non-hydrogen) atoms. The lowest BCUT2D eigenvalue weighted by molar-refractivity contribution is -0.139. The maximum absolute atomic E-state index is 12.5. The van der Waals surface area contributed by atoms with Crippen LogP contribution in [-0.4, -0.2) is 50.7 Å². The zero-order valence-corrected chi connectivity index (χ0v) is 14.5. The lowest BCUT2D eigenvalue weighted by Crippen LogP contribution is -2.49. The molecule has 0 radical (unpaired) electrons. The van der Waals surface area contributed by atoms with E-state index < -0.39 is 16.1 Å². The first-order chi connectivity index (χ1) is 11.3. The highest BCUT2D eigenvalue weighted by molar-refractivity contribution is 7.88. The minimum atomic E-state index is -3.23. The Morgan fingerprint density at radius 3 is 2.58 bits per heavy atom. The summed E-state index contributed by atoms with van der Waals surface area (Å²) in [5.41, 5.74) is 0.383. The van der Waals surface area contributed by atoms with E-state index in [4.69, 9.17) is 10.00 Å². The fraction of sp³-hybridized carbons (Fsp3) is 0.500. The second-order valence-corrected chi connectivity index (χ2v) is 7.64. The number of benzene rings is 1. The van der Waals surface area contributed by atoms with Crippen molar-refractivity contribution in [1.82, 2.24) is 9.62 Å². The molecule has 2 rings (SSSR count). The Morgan fingerprint density at radius 1 is 1.38 bits per heavy atom. The monoisotopic (exact) mass is 351 g/mol. The molecule has 1 saturated heterocycles. The number of hydrogen-bond acceptors (Lipinski definition) is 5. The quantitative estimate of drug-likeness (QED) is 0.848. The zero-order valence-electron chi connectivity index (χ0n) is 13.7. The molecule has 1 aliphatic heterocycles. The summed E-state index contributed by atoms with van der Waals surface area (Å²) in [6.45, 7) is 2.59. The van der Waals surface area contributed by atoms with Crippen LogP contribution < -0.4 is 9.46 Å². The smallest absolute Gasteiger partial charge is 0.263 e. The van der Waals surface area contributed by atoms with Crippen molar-refractivity contribution in [2.45, 2.75) is 31.9 Å². The Morgan fingerprint density at radius 2 is 2.00 bits per heavy atom. The Balaban J connectivity index is 1.92. The first kappa shape index (κ1) is 18.2. The molecule has 1 amide bonds. The van der Waals surface area contributed by atoms with Crippen LogP contribution in [0.25, 0.3) is 0 Å². The summed E-state index contributed by atoms with van der Waals surface area (Å²) in [5, 5.41) is 9.06. The molecular formula is C16H21N3O4S. The minimum Gasteiger partial charge on any atom is -0.480 e. The average Bonchev–Trinajstić information content (AvgIpc) is 2.54. The van der Waals surface area contributed by atoms with Crippen molar-refractivity contribution in [3.05, 3.63) is 29.8 Å². The molecule has 1 aromatic carbocycles. The fourth-order valence-electron chi connectivity index (χ4n) is 2.68. The number of likely N-dealkylation sites (tertiary alicyclic amines) is 1. The van der Waals surface area contributed by atoms with Gasteiger partial charge in [-0.2, -0.15) is 5.26 Å². The van der Waals surface area contributed by atoms with E-state index in [9.17, 15) is 13.2 Å². The third kappa shape index (κ3) is 4.94. The number of nitriles is 1. The summed E-state index contributed by atoms with van der Waals surface area (Å²) >= 11 is 0. The van der Waals surface area contributed by atoms with Crippen molar-refractivity contribution in [3.8, 4) is 11.8 Å². The predicted octanol–water partition coefficient (Wildman–Crippen LogP) is 0.866. The summed E-state index contributed by atoms with van der Waals surface area (Å²) < 4.78 is 30.7. The molecule has 0 bridgehead atoms. The number of ether oxygens (including phenoxy) is 1. The second-order valence-electron chi connectivity index (χ2n) is 5.86. The SMILES string of the molecule is CC(Oc1ccccc1C#N)C(=O)N1CCC(NS(C)(=O)=O)CC1. The number of carbonyl (C=O) groups is 1. The van der Waals surface area contributed by atoms with Crippen molar-refractivity contribution in [2.24, 2.45) is 0 Å². The molecular weight excluding hydrogens is 330 g/mol. The third-order valence-corrected chi connectivity index (χ3v) is 4.61. The number of nitrogens with one attached hydrogen (secondary N) is 1. The van der Waals surface area contributed by atoms with E-state index in [1.54, 1.807) is 36.1 Å². The maximum Gasteiger partial charge on any atom is 0.263 e. The minimum absolute atomic E-state index is 0.139. The Labute approximate surface area is 142 Å². The molecule has 1 heterocycles. The van der Waals surface area contributed by atoms with Crippen molar-refractivity contribution >= 4 is 15.9 Å². The summed E-state index contributed by atoms with van der Waals surface area (Å²) in [6.07, 6.45) is 1.56. The topological polar surface area (TPSA) is 99.5 Å². The van der Waals surface area contributed by atoms with Crippen LogP contribution in [0.2, 0.25) is 0 Å². The van der Waals surface area contributed by atoms with E-state index in [0.717, 1.165) is 6.26 Å². The molecule has 1 fully saturated rings. The standard InChI is InChI=1S/C16H21N3O4S/c1-12(23-15-6-4-3-5-13(15)11-17)16(20)19-9-7-14(8-10-19)18-24(2,21)22/h3-6,12,14,18H,7-10H2,1-2H3. The highest BCUT2D eigenvalue weighted by Gasteiger charge is 2.28. The van der Waals surface area contributed by atoms with Gasteiger partial charge in [0.15, 0.2) is 6.10 Å². The summed E-state index contributed by atoms with van der Waals surface area (Å²) in [7, 11) is -3.23. The summed E-state index contributed by atoms with van der Waals surface area (Å²) in [4.78, 5) is 14.1. The van der Waals surface area contributed by atoms with Crippen molar-refractivity contribution in [3.63, 3.8) is 0 Å². The number of carbonyl (C=O) groups excluding carboxylic acids is 1. The van der Waals surface area contributed by atoms with Gasteiger partial charge in [0, 0.05) is 19.1 Å². The zero-order chi connectivity index (χ0) is 17.7. The van der Waals surface area contributed by atoms with Gasteiger partial charge < -0.3 is 9.64 Å². The number of para-hydroxylation sites is 1. The van der Waals surface area contributed by atoms with Gasteiger partial charge in [0.1, 0.15) is 11.8 Å². The van der Waals surface area contributed by atoms with Crippen LogP contribution in [0.15, 0.2) is 24.3 Å². The lowest BCUT2D eigenvalue weighted by atomic mass is 10.1. The van der Waals surface area contributed by atoms with Crippen LogP contribution in [0.1, 0.15) is 25.3 Å². The highest BCUT2D eigenvalue weighted by atomic mass is 32.2. The third-order valence-electron chi connectivity index (χ3n) is 3.85. The molecule has 130 valence electrons. The van der Waals surface area contributed by atoms with Crippen molar-refractivity contribution in [2.75, 3.05) is 19.3 Å². The molecule has 0 spiro atoms. The highest BCUT2D eigenvalue weighted by Crippen LogP contribution is 2.20. The number of amides is 1. The van der Waals surface area contributed by atoms with Crippen LogP contribution in [0.5, 0.6) is 5.75 Å². The molecule has 7 nitrogen and oxygen atoms in total. The summed E-state index contributed by atoms with van der Waals surface area (Å²) in [6, 6.07) is 8.66. The van der Waals surface area contributed by atoms with E-state index in [1.165, 1.54) is 0 Å². The van der Waals surface area contributed by atoms with E-state index in [1.807, 2.05) is 6.07 Å². The largest absolute Gasteiger partial charge is 0.480 e. The number of piperidine rings is 1. The van der Waals surface area contributed by atoms with Crippen LogP contribution in [0.4, 0.5) is 0 Å². The van der Waals surface area contributed by atoms with Gasteiger partial charge in [-0.1, -0.05) is 12.1 Å². The Kier molecular flexibility index (Phi) is 5.80. The van der Waals surface area contributed by atoms with Crippen LogP contribution in [0.3, 0.4) is 0 Å². The summed E-state index contributed by atoms with van der Waals surface area (Å²) in [5.74, 6) is 0.218. The van der Waals surface area contributed by atoms with E-state index in [2.05, 4.69) is 4.72 Å². The van der Waals surface area contributed by atoms with Crippen molar-refractivity contribution < 1.29 is 17.9 Å². The predicted molar refractivity (Wildman–Crippen MR) is 88.8 cm³/mol. The molecule has 1 N–H and O–H groups in total. The van der Waals surface area contributed by atoms with Crippen LogP contribution in [-0.2, 0) is 14.8 Å². The van der Waals surface area contributed by atoms with Gasteiger partial charge in [-0.15, -0.1) is 0 Å². The molecule has 1 aromatic rings.